The first-order valence-corrected chi connectivity index (χ1v) is 7.64. The quantitative estimate of drug-likeness (QED) is 0.865. The van der Waals surface area contributed by atoms with Gasteiger partial charge in [0.05, 0.1) is 18.2 Å². The molecule has 118 valence electrons. The number of ether oxygens (including phenoxy) is 1. The van der Waals surface area contributed by atoms with E-state index in [0.29, 0.717) is 5.39 Å². The second-order valence-electron chi connectivity index (χ2n) is 6.10. The fourth-order valence-corrected chi connectivity index (χ4v) is 3.01. The normalized spacial score (nSPS) is 19.9. The first-order chi connectivity index (χ1) is 10.6. The monoisotopic (exact) mass is 303 g/mol. The van der Waals surface area contributed by atoms with Gasteiger partial charge in [-0.2, -0.15) is 0 Å². The Morgan fingerprint density at radius 1 is 1.36 bits per heavy atom. The van der Waals surface area contributed by atoms with E-state index >= 15 is 0 Å². The van der Waals surface area contributed by atoms with Crippen molar-refractivity contribution in [2.75, 3.05) is 40.3 Å². The van der Waals surface area contributed by atoms with Crippen LogP contribution < -0.4 is 0 Å². The number of benzene rings is 1. The van der Waals surface area contributed by atoms with Crippen molar-refractivity contribution >= 4 is 10.9 Å². The minimum Gasteiger partial charge on any atom is -0.374 e. The van der Waals surface area contributed by atoms with Gasteiger partial charge in [0, 0.05) is 37.8 Å². The molecule has 0 radical (unpaired) electrons. The van der Waals surface area contributed by atoms with Gasteiger partial charge in [-0.05, 0) is 37.9 Å². The topological polar surface area (TPSA) is 28.6 Å². The van der Waals surface area contributed by atoms with Crippen molar-refractivity contribution in [3.05, 3.63) is 41.8 Å². The zero-order valence-electron chi connectivity index (χ0n) is 13.1. The molecule has 5 heteroatoms. The summed E-state index contributed by atoms with van der Waals surface area (Å²) in [5.74, 6) is -0.209. The maximum Gasteiger partial charge on any atom is 0.132 e. The van der Waals surface area contributed by atoms with Gasteiger partial charge in [-0.15, -0.1) is 0 Å². The molecule has 1 unspecified atom stereocenters. The van der Waals surface area contributed by atoms with E-state index in [2.05, 4.69) is 28.9 Å². The Balaban J connectivity index is 1.77. The first kappa shape index (κ1) is 15.3. The number of nitrogens with zero attached hydrogens (tertiary/aromatic N) is 3. The van der Waals surface area contributed by atoms with Crippen LogP contribution in [0.4, 0.5) is 4.39 Å². The van der Waals surface area contributed by atoms with Gasteiger partial charge in [0.15, 0.2) is 0 Å². The molecular formula is C17H22FN3O. The summed E-state index contributed by atoms with van der Waals surface area (Å²) in [5, 5.41) is 0.595. The molecule has 0 spiro atoms. The zero-order valence-corrected chi connectivity index (χ0v) is 13.1. The second kappa shape index (κ2) is 6.69. The van der Waals surface area contributed by atoms with Gasteiger partial charge in [0.25, 0.3) is 0 Å². The van der Waals surface area contributed by atoms with E-state index in [0.717, 1.165) is 43.9 Å². The van der Waals surface area contributed by atoms with Gasteiger partial charge in [-0.25, -0.2) is 4.39 Å². The number of rotatable bonds is 4. The number of pyridine rings is 1. The Kier molecular flexibility index (Phi) is 4.66. The summed E-state index contributed by atoms with van der Waals surface area (Å²) in [4.78, 5) is 8.87. The lowest BCUT2D eigenvalue weighted by Crippen LogP contribution is -2.46. The van der Waals surface area contributed by atoms with Crippen molar-refractivity contribution in [2.45, 2.75) is 12.6 Å². The van der Waals surface area contributed by atoms with E-state index in [1.54, 1.807) is 18.3 Å². The van der Waals surface area contributed by atoms with Crippen LogP contribution in [0.15, 0.2) is 30.5 Å². The molecule has 0 N–H and O–H groups in total. The van der Waals surface area contributed by atoms with Crippen molar-refractivity contribution in [1.82, 2.24) is 14.8 Å². The van der Waals surface area contributed by atoms with E-state index in [1.165, 1.54) is 6.07 Å². The van der Waals surface area contributed by atoms with E-state index < -0.39 is 0 Å². The van der Waals surface area contributed by atoms with Crippen LogP contribution in [-0.2, 0) is 11.3 Å². The van der Waals surface area contributed by atoms with E-state index in [4.69, 9.17) is 4.74 Å². The van der Waals surface area contributed by atoms with Crippen LogP contribution in [0.5, 0.6) is 0 Å². The Morgan fingerprint density at radius 2 is 2.23 bits per heavy atom. The summed E-state index contributed by atoms with van der Waals surface area (Å²) in [5.41, 5.74) is 1.83. The van der Waals surface area contributed by atoms with Gasteiger partial charge in [-0.1, -0.05) is 6.07 Å². The number of hydrogen-bond acceptors (Lipinski definition) is 4. The number of likely N-dealkylation sites (N-methyl/N-ethyl adjacent to an activating group) is 1. The molecule has 2 heterocycles. The molecule has 0 aliphatic carbocycles. The average molecular weight is 303 g/mol. The molecule has 4 nitrogen and oxygen atoms in total. The van der Waals surface area contributed by atoms with Crippen LogP contribution in [0.3, 0.4) is 0 Å². The molecule has 22 heavy (non-hydrogen) atoms. The molecule has 0 bridgehead atoms. The summed E-state index contributed by atoms with van der Waals surface area (Å²) in [6, 6.07) is 6.95. The van der Waals surface area contributed by atoms with Crippen LogP contribution in [0.25, 0.3) is 10.9 Å². The summed E-state index contributed by atoms with van der Waals surface area (Å²) in [6.07, 6.45) is 1.95. The van der Waals surface area contributed by atoms with Crippen molar-refractivity contribution in [3.63, 3.8) is 0 Å². The molecule has 0 saturated carbocycles. The van der Waals surface area contributed by atoms with Crippen molar-refractivity contribution in [1.29, 1.82) is 0 Å². The van der Waals surface area contributed by atoms with Crippen molar-refractivity contribution in [3.8, 4) is 0 Å². The van der Waals surface area contributed by atoms with E-state index in [1.807, 2.05) is 6.07 Å². The average Bonchev–Trinajstić information content (AvgIpc) is 2.50. The third-order valence-corrected chi connectivity index (χ3v) is 3.99. The number of halogens is 1. The maximum absolute atomic E-state index is 13.9. The predicted octanol–water partition coefficient (Wildman–Crippen LogP) is 2.14. The summed E-state index contributed by atoms with van der Waals surface area (Å²) >= 11 is 0. The molecule has 1 fully saturated rings. The molecule has 1 aromatic carbocycles. The Bertz CT molecular complexity index is 647. The fraction of sp³-hybridized carbons (Fsp3) is 0.471. The highest BCUT2D eigenvalue weighted by molar-refractivity contribution is 5.82. The van der Waals surface area contributed by atoms with Gasteiger partial charge >= 0.3 is 0 Å². The maximum atomic E-state index is 13.9. The highest BCUT2D eigenvalue weighted by Gasteiger charge is 2.21. The molecular weight excluding hydrogens is 281 g/mol. The molecule has 3 rings (SSSR count). The van der Waals surface area contributed by atoms with Crippen LogP contribution in [-0.4, -0.2) is 61.2 Å². The molecule has 2 aromatic rings. The standard InChI is InChI=1S/C17H22FN3O/c1-20(2)11-14-12-21(8-9-22-14)10-13-5-6-16(18)15-4-3-7-19-17(13)15/h3-7,14H,8-12H2,1-2H3. The first-order valence-electron chi connectivity index (χ1n) is 7.64. The minimum atomic E-state index is -0.209. The molecule has 1 aliphatic rings. The molecule has 1 aliphatic heterocycles. The number of fused-ring (bicyclic) bond motifs is 1. The number of hydrogen-bond donors (Lipinski definition) is 0. The van der Waals surface area contributed by atoms with Gasteiger partial charge in [-0.3, -0.25) is 9.88 Å². The van der Waals surface area contributed by atoms with Gasteiger partial charge in [0.2, 0.25) is 0 Å². The van der Waals surface area contributed by atoms with Crippen molar-refractivity contribution < 1.29 is 9.13 Å². The van der Waals surface area contributed by atoms with Crippen LogP contribution in [0.1, 0.15) is 5.56 Å². The zero-order chi connectivity index (χ0) is 15.5. The van der Waals surface area contributed by atoms with Gasteiger partial charge in [0.1, 0.15) is 5.82 Å². The van der Waals surface area contributed by atoms with Crippen LogP contribution >= 0.6 is 0 Å². The number of morpholine rings is 1. The van der Waals surface area contributed by atoms with E-state index in [9.17, 15) is 4.39 Å². The summed E-state index contributed by atoms with van der Waals surface area (Å²) < 4.78 is 19.7. The fourth-order valence-electron chi connectivity index (χ4n) is 3.01. The number of aromatic nitrogens is 1. The summed E-state index contributed by atoms with van der Waals surface area (Å²) in [7, 11) is 4.11. The minimum absolute atomic E-state index is 0.209. The molecule has 1 aromatic heterocycles. The molecule has 1 atom stereocenters. The Morgan fingerprint density at radius 3 is 3.05 bits per heavy atom. The van der Waals surface area contributed by atoms with Crippen LogP contribution in [0.2, 0.25) is 0 Å². The lowest BCUT2D eigenvalue weighted by Gasteiger charge is -2.34. The lowest BCUT2D eigenvalue weighted by molar-refractivity contribution is -0.0405. The third-order valence-electron chi connectivity index (χ3n) is 3.99. The predicted molar refractivity (Wildman–Crippen MR) is 85.3 cm³/mol. The Labute approximate surface area is 130 Å². The Hall–Kier alpha value is -1.56. The SMILES string of the molecule is CN(C)CC1CN(Cc2ccc(F)c3cccnc23)CCO1. The highest BCUT2D eigenvalue weighted by atomic mass is 19.1. The largest absolute Gasteiger partial charge is 0.374 e. The lowest BCUT2D eigenvalue weighted by atomic mass is 10.1. The molecule has 1 saturated heterocycles. The summed E-state index contributed by atoms with van der Waals surface area (Å²) in [6.45, 7) is 4.23. The van der Waals surface area contributed by atoms with Crippen LogP contribution in [0, 0.1) is 5.82 Å². The second-order valence-corrected chi connectivity index (χ2v) is 6.10. The van der Waals surface area contributed by atoms with Crippen molar-refractivity contribution in [2.24, 2.45) is 0 Å². The highest BCUT2D eigenvalue weighted by Crippen LogP contribution is 2.21. The smallest absolute Gasteiger partial charge is 0.132 e. The third kappa shape index (κ3) is 3.43. The van der Waals surface area contributed by atoms with E-state index in [-0.39, 0.29) is 11.9 Å². The van der Waals surface area contributed by atoms with Gasteiger partial charge < -0.3 is 9.64 Å². The molecule has 0 amide bonds.